The molecule has 0 spiro atoms. The second-order valence-electron chi connectivity index (χ2n) is 0. The monoisotopic (exact) mass is 1140 g/mol. The van der Waals surface area contributed by atoms with Crippen LogP contribution in [-0.4, -0.2) is 0 Å². The van der Waals surface area contributed by atoms with E-state index in [1.54, 1.807) is 0 Å². The molecule has 0 rings (SSSR count). The van der Waals surface area contributed by atoms with Crippen LogP contribution in [0.5, 0.6) is 0 Å². The molecule has 0 unspecified atom stereocenters. The van der Waals surface area contributed by atoms with Gasteiger partial charge in [0.1, 0.15) is 0 Å². The van der Waals surface area contributed by atoms with Gasteiger partial charge in [0.05, 0.1) is 0 Å². The molecule has 0 aromatic heterocycles. The summed E-state index contributed by atoms with van der Waals surface area (Å²) in [5, 5.41) is 0. The average molecular weight is 1140 g/mol. The summed E-state index contributed by atoms with van der Waals surface area (Å²) < 4.78 is 0. The third-order valence-electron chi connectivity index (χ3n) is 0. The second kappa shape index (κ2) is 45.7. The first-order valence-corrected chi connectivity index (χ1v) is 0. The van der Waals surface area contributed by atoms with Gasteiger partial charge in [0, 0.05) is 245 Å². The molecular weight excluding hydrogens is 1140 g/mol. The predicted molar refractivity (Wildman–Crippen MR) is 0 cm³/mol. The van der Waals surface area contributed by atoms with Crippen molar-refractivity contribution < 1.29 is 245 Å². The summed E-state index contributed by atoms with van der Waals surface area (Å²) >= 11 is 0. The van der Waals surface area contributed by atoms with Gasteiger partial charge in [-0.05, 0) is 0 Å². The van der Waals surface area contributed by atoms with Gasteiger partial charge in [-0.2, -0.15) is 0 Å². The Labute approximate surface area is 237 Å². The minimum absolute atomic E-state index is 0. The molecular formula is Er5Ru3. The van der Waals surface area contributed by atoms with Crippen LogP contribution in [0.2, 0.25) is 0 Å². The molecule has 0 aliphatic carbocycles. The van der Waals surface area contributed by atoms with E-state index in [0.29, 0.717) is 0 Å². The first-order chi connectivity index (χ1) is 0. The van der Waals surface area contributed by atoms with E-state index in [4.69, 9.17) is 0 Å². The van der Waals surface area contributed by atoms with Crippen molar-refractivity contribution in [3.05, 3.63) is 0 Å². The van der Waals surface area contributed by atoms with Crippen LogP contribution >= 0.6 is 0 Å². The Hall–Kier alpha value is 8.10. The molecule has 0 radical (unpaired) electrons. The van der Waals surface area contributed by atoms with E-state index in [1.165, 1.54) is 0 Å². The van der Waals surface area contributed by atoms with Crippen molar-refractivity contribution in [2.45, 2.75) is 0 Å². The zero-order chi connectivity index (χ0) is 0. The van der Waals surface area contributed by atoms with Crippen molar-refractivity contribution in [1.82, 2.24) is 0 Å². The summed E-state index contributed by atoms with van der Waals surface area (Å²) in [5.74, 6) is 0. The molecule has 0 aliphatic rings. The van der Waals surface area contributed by atoms with Gasteiger partial charge in [-0.15, -0.1) is 0 Å². The Kier molecular flexibility index (Phi) is 320. The summed E-state index contributed by atoms with van der Waals surface area (Å²) in [7, 11) is 0. The smallest absolute Gasteiger partial charge is 0 e. The predicted octanol–water partition coefficient (Wildman–Crippen LogP) is -0.00750. The van der Waals surface area contributed by atoms with Gasteiger partial charge in [-0.1, -0.05) is 0 Å². The van der Waals surface area contributed by atoms with Crippen molar-refractivity contribution in [2.75, 3.05) is 0 Å². The number of hydrogen-bond acceptors (Lipinski definition) is 0. The minimum atomic E-state index is 0. The van der Waals surface area contributed by atoms with E-state index < -0.39 is 0 Å². The van der Waals surface area contributed by atoms with E-state index in [-0.39, 0.29) is 245 Å². The van der Waals surface area contributed by atoms with Crippen LogP contribution in [0.25, 0.3) is 0 Å². The van der Waals surface area contributed by atoms with Gasteiger partial charge < -0.3 is 0 Å². The molecule has 8 heavy (non-hydrogen) atoms. The fourth-order valence-corrected chi connectivity index (χ4v) is 0. The maximum absolute atomic E-state index is 0. The fourth-order valence-electron chi connectivity index (χ4n) is 0. The Bertz CT molecular complexity index is 7.64. The molecule has 0 saturated carbocycles. The van der Waals surface area contributed by atoms with Gasteiger partial charge in [0.25, 0.3) is 0 Å². The van der Waals surface area contributed by atoms with E-state index in [0.717, 1.165) is 0 Å². The van der Waals surface area contributed by atoms with Crippen LogP contribution < -0.4 is 0 Å². The molecule has 0 atom stereocenters. The van der Waals surface area contributed by atoms with E-state index in [9.17, 15) is 0 Å². The SMILES string of the molecule is [Er].[Er].[Er].[Er].[Er].[Ru].[Ru].[Ru]. The summed E-state index contributed by atoms with van der Waals surface area (Å²) in [5.41, 5.74) is 0. The quantitative estimate of drug-likeness (QED) is 0.300. The normalized spacial score (nSPS) is 0. The van der Waals surface area contributed by atoms with Gasteiger partial charge in [0.15, 0.2) is 0 Å². The molecule has 84 valence electrons. The molecule has 0 nitrogen and oxygen atoms in total. The average Bonchev–Trinajstić information content (AvgIpc) is 0. The molecule has 0 N–H and O–H groups in total. The molecule has 0 saturated heterocycles. The van der Waals surface area contributed by atoms with Crippen LogP contribution in [0.3, 0.4) is 0 Å². The molecule has 0 aliphatic heterocycles. The molecule has 0 aromatic rings. The van der Waals surface area contributed by atoms with Crippen LogP contribution in [0.1, 0.15) is 0 Å². The minimum Gasteiger partial charge on any atom is 0 e. The maximum atomic E-state index is 0. The molecule has 0 aromatic carbocycles. The molecule has 0 heterocycles. The van der Waals surface area contributed by atoms with Crippen LogP contribution in [0.4, 0.5) is 0 Å². The third-order valence-corrected chi connectivity index (χ3v) is 0. The van der Waals surface area contributed by atoms with Crippen LogP contribution in [-0.2, 0) is 58.4 Å². The summed E-state index contributed by atoms with van der Waals surface area (Å²) in [6, 6.07) is 0. The van der Waals surface area contributed by atoms with Gasteiger partial charge in [0.2, 0.25) is 0 Å². The van der Waals surface area contributed by atoms with Crippen molar-refractivity contribution in [3.63, 3.8) is 0 Å². The van der Waals surface area contributed by atoms with E-state index in [2.05, 4.69) is 0 Å². The van der Waals surface area contributed by atoms with Gasteiger partial charge >= 0.3 is 0 Å². The fraction of sp³-hybridized carbons (Fsp3) is 0. The largest absolute Gasteiger partial charge is 0 e. The zero-order valence-corrected chi connectivity index (χ0v) is 17.0. The maximum Gasteiger partial charge on any atom is 0 e. The third kappa shape index (κ3) is 36.9. The standard InChI is InChI=1S/5Er.3Ru. The Morgan fingerprint density at radius 2 is 0.250 bits per heavy atom. The van der Waals surface area contributed by atoms with Crippen molar-refractivity contribution >= 4 is 0 Å². The van der Waals surface area contributed by atoms with E-state index >= 15 is 0 Å². The zero-order valence-electron chi connectivity index (χ0n) is 2.50. The number of rotatable bonds is 0. The molecule has 8 heteroatoms. The van der Waals surface area contributed by atoms with Crippen molar-refractivity contribution in [1.29, 1.82) is 0 Å². The topological polar surface area (TPSA) is 0 Å². The molecule has 0 amide bonds. The second-order valence-corrected chi connectivity index (χ2v) is 0. The first-order valence-electron chi connectivity index (χ1n) is 0. The Morgan fingerprint density at radius 3 is 0.250 bits per heavy atom. The van der Waals surface area contributed by atoms with Crippen LogP contribution in [0, 0.1) is 187 Å². The molecule has 0 fully saturated rings. The van der Waals surface area contributed by atoms with E-state index in [1.807, 2.05) is 0 Å². The van der Waals surface area contributed by atoms with Crippen molar-refractivity contribution in [3.8, 4) is 0 Å². The summed E-state index contributed by atoms with van der Waals surface area (Å²) in [6.07, 6.45) is 0. The first kappa shape index (κ1) is 55.9. The van der Waals surface area contributed by atoms with Crippen LogP contribution in [0.15, 0.2) is 0 Å². The molecule has 0 bridgehead atoms. The summed E-state index contributed by atoms with van der Waals surface area (Å²) in [4.78, 5) is 0. The van der Waals surface area contributed by atoms with Gasteiger partial charge in [-0.25, -0.2) is 0 Å². The summed E-state index contributed by atoms with van der Waals surface area (Å²) in [6.45, 7) is 0. The Morgan fingerprint density at radius 1 is 0.250 bits per heavy atom. The number of hydrogen-bond donors (Lipinski definition) is 0. The van der Waals surface area contributed by atoms with Crippen molar-refractivity contribution in [2.24, 2.45) is 0 Å². The Balaban J connectivity index is 0. The van der Waals surface area contributed by atoms with Gasteiger partial charge in [-0.3, -0.25) is 0 Å².